The molecule has 140 valence electrons. The summed E-state index contributed by atoms with van der Waals surface area (Å²) in [6.45, 7) is 3.57. The smallest absolute Gasteiger partial charge is 0.416 e. The SMILES string of the molecule is CCOC(=O)C(C)Oc1ccc(Sc2ccc(C(F)(F)F)cc2Cl)cc1. The van der Waals surface area contributed by atoms with Crippen molar-refractivity contribution in [3.63, 3.8) is 0 Å². The van der Waals surface area contributed by atoms with Crippen LogP contribution in [-0.4, -0.2) is 18.7 Å². The molecule has 2 aromatic carbocycles. The Morgan fingerprint density at radius 2 is 1.85 bits per heavy atom. The zero-order valence-corrected chi connectivity index (χ0v) is 15.5. The van der Waals surface area contributed by atoms with Gasteiger partial charge in [0.05, 0.1) is 17.2 Å². The van der Waals surface area contributed by atoms with Crippen molar-refractivity contribution in [1.82, 2.24) is 0 Å². The van der Waals surface area contributed by atoms with Gasteiger partial charge in [0.15, 0.2) is 6.10 Å². The predicted octanol–water partition coefficient (Wildman–Crippen LogP) is 5.84. The molecule has 0 saturated heterocycles. The lowest BCUT2D eigenvalue weighted by Crippen LogP contribution is -2.25. The van der Waals surface area contributed by atoms with Gasteiger partial charge in [0.25, 0.3) is 0 Å². The zero-order valence-electron chi connectivity index (χ0n) is 14.0. The second-order valence-electron chi connectivity index (χ2n) is 5.23. The summed E-state index contributed by atoms with van der Waals surface area (Å²) in [6.07, 6.45) is -5.17. The first-order chi connectivity index (χ1) is 12.2. The number of hydrogen-bond acceptors (Lipinski definition) is 4. The average molecular weight is 405 g/mol. The molecule has 2 rings (SSSR count). The topological polar surface area (TPSA) is 35.5 Å². The van der Waals surface area contributed by atoms with Crippen molar-refractivity contribution in [2.45, 2.75) is 35.9 Å². The first-order valence-corrected chi connectivity index (χ1v) is 8.88. The van der Waals surface area contributed by atoms with Crippen molar-refractivity contribution >= 4 is 29.3 Å². The summed E-state index contributed by atoms with van der Waals surface area (Å²) >= 11 is 7.18. The third kappa shape index (κ3) is 5.57. The van der Waals surface area contributed by atoms with Crippen LogP contribution >= 0.6 is 23.4 Å². The van der Waals surface area contributed by atoms with E-state index in [4.69, 9.17) is 21.1 Å². The molecular formula is C18H16ClF3O3S. The highest BCUT2D eigenvalue weighted by Gasteiger charge is 2.30. The van der Waals surface area contributed by atoms with Gasteiger partial charge in [-0.25, -0.2) is 4.79 Å². The highest BCUT2D eigenvalue weighted by molar-refractivity contribution is 7.99. The molecule has 0 N–H and O–H groups in total. The van der Waals surface area contributed by atoms with Gasteiger partial charge >= 0.3 is 12.1 Å². The minimum atomic E-state index is -4.43. The van der Waals surface area contributed by atoms with Gasteiger partial charge in [0.2, 0.25) is 0 Å². The monoisotopic (exact) mass is 404 g/mol. The summed E-state index contributed by atoms with van der Waals surface area (Å²) in [5, 5.41) is 0.0288. The Kier molecular flexibility index (Phi) is 6.83. The lowest BCUT2D eigenvalue weighted by atomic mass is 10.2. The van der Waals surface area contributed by atoms with E-state index in [1.165, 1.54) is 17.8 Å². The third-order valence-corrected chi connectivity index (χ3v) is 4.75. The average Bonchev–Trinajstić information content (AvgIpc) is 2.57. The molecule has 0 fully saturated rings. The number of ether oxygens (including phenoxy) is 2. The van der Waals surface area contributed by atoms with E-state index in [1.807, 2.05) is 0 Å². The number of hydrogen-bond donors (Lipinski definition) is 0. The summed E-state index contributed by atoms with van der Waals surface area (Å²) < 4.78 is 48.3. The van der Waals surface area contributed by atoms with Gasteiger partial charge in [0, 0.05) is 9.79 Å². The van der Waals surface area contributed by atoms with Gasteiger partial charge in [-0.05, 0) is 56.3 Å². The van der Waals surface area contributed by atoms with Crippen LogP contribution in [0.25, 0.3) is 0 Å². The first kappa shape index (κ1) is 20.5. The van der Waals surface area contributed by atoms with Crippen molar-refractivity contribution in [3.05, 3.63) is 53.1 Å². The standard InChI is InChI=1S/C18H16ClF3O3S/c1-3-24-17(23)11(2)25-13-5-7-14(8-6-13)26-16-9-4-12(10-15(16)19)18(20,21)22/h4-11H,3H2,1-2H3. The van der Waals surface area contributed by atoms with Crippen molar-refractivity contribution < 1.29 is 27.4 Å². The first-order valence-electron chi connectivity index (χ1n) is 7.68. The zero-order chi connectivity index (χ0) is 19.3. The van der Waals surface area contributed by atoms with Crippen LogP contribution in [0.5, 0.6) is 5.75 Å². The molecule has 1 atom stereocenters. The van der Waals surface area contributed by atoms with Crippen LogP contribution in [0.2, 0.25) is 5.02 Å². The van der Waals surface area contributed by atoms with E-state index in [9.17, 15) is 18.0 Å². The second kappa shape index (κ2) is 8.68. The Bertz CT molecular complexity index is 763. The molecule has 1 unspecified atom stereocenters. The summed E-state index contributed by atoms with van der Waals surface area (Å²) in [5.41, 5.74) is -0.788. The number of carbonyl (C=O) groups excluding carboxylic acids is 1. The maximum Gasteiger partial charge on any atom is 0.416 e. The van der Waals surface area contributed by atoms with Crippen LogP contribution in [0.4, 0.5) is 13.2 Å². The van der Waals surface area contributed by atoms with Gasteiger partial charge in [-0.15, -0.1) is 0 Å². The van der Waals surface area contributed by atoms with E-state index in [1.54, 1.807) is 38.1 Å². The largest absolute Gasteiger partial charge is 0.479 e. The lowest BCUT2D eigenvalue weighted by Gasteiger charge is -2.13. The maximum absolute atomic E-state index is 12.7. The van der Waals surface area contributed by atoms with Crippen LogP contribution in [-0.2, 0) is 15.7 Å². The fourth-order valence-corrected chi connectivity index (χ4v) is 3.10. The molecule has 0 heterocycles. The van der Waals surface area contributed by atoms with E-state index in [2.05, 4.69) is 0 Å². The van der Waals surface area contributed by atoms with Crippen LogP contribution < -0.4 is 4.74 Å². The summed E-state index contributed by atoms with van der Waals surface area (Å²) in [4.78, 5) is 12.8. The summed E-state index contributed by atoms with van der Waals surface area (Å²) in [6, 6.07) is 10.0. The minimum Gasteiger partial charge on any atom is -0.479 e. The minimum absolute atomic E-state index is 0.0288. The molecule has 0 radical (unpaired) electrons. The van der Waals surface area contributed by atoms with E-state index >= 15 is 0 Å². The highest BCUT2D eigenvalue weighted by atomic mass is 35.5. The van der Waals surface area contributed by atoms with Crippen molar-refractivity contribution in [1.29, 1.82) is 0 Å². The molecule has 8 heteroatoms. The Morgan fingerprint density at radius 1 is 1.19 bits per heavy atom. The molecule has 3 nitrogen and oxygen atoms in total. The molecule has 0 aromatic heterocycles. The number of benzene rings is 2. The van der Waals surface area contributed by atoms with Crippen molar-refractivity contribution in [2.24, 2.45) is 0 Å². The molecule has 26 heavy (non-hydrogen) atoms. The molecule has 2 aromatic rings. The second-order valence-corrected chi connectivity index (χ2v) is 6.75. The van der Waals surface area contributed by atoms with Crippen LogP contribution in [0.3, 0.4) is 0 Å². The number of rotatable bonds is 6. The Balaban J connectivity index is 2.04. The molecule has 0 aliphatic rings. The van der Waals surface area contributed by atoms with Gasteiger partial charge < -0.3 is 9.47 Å². The fourth-order valence-electron chi connectivity index (χ4n) is 1.99. The van der Waals surface area contributed by atoms with Crippen molar-refractivity contribution in [2.75, 3.05) is 6.61 Å². The Labute approximate surface area is 158 Å². The molecule has 0 aliphatic heterocycles. The fraction of sp³-hybridized carbons (Fsp3) is 0.278. The van der Waals surface area contributed by atoms with Crippen LogP contribution in [0, 0.1) is 0 Å². The normalized spacial score (nSPS) is 12.5. The number of halogens is 4. The van der Waals surface area contributed by atoms with E-state index in [0.29, 0.717) is 10.6 Å². The van der Waals surface area contributed by atoms with Gasteiger partial charge in [-0.3, -0.25) is 0 Å². The van der Waals surface area contributed by atoms with E-state index in [-0.39, 0.29) is 11.6 Å². The summed E-state index contributed by atoms with van der Waals surface area (Å²) in [5.74, 6) is 0.0240. The maximum atomic E-state index is 12.7. The lowest BCUT2D eigenvalue weighted by molar-refractivity contribution is -0.150. The Morgan fingerprint density at radius 3 is 2.38 bits per heavy atom. The van der Waals surface area contributed by atoms with Gasteiger partial charge in [-0.1, -0.05) is 23.4 Å². The highest BCUT2D eigenvalue weighted by Crippen LogP contribution is 2.38. The van der Waals surface area contributed by atoms with E-state index < -0.39 is 23.8 Å². The molecule has 0 aliphatic carbocycles. The number of esters is 1. The summed E-state index contributed by atoms with van der Waals surface area (Å²) in [7, 11) is 0. The predicted molar refractivity (Wildman–Crippen MR) is 93.7 cm³/mol. The molecular weight excluding hydrogens is 389 g/mol. The van der Waals surface area contributed by atoms with E-state index in [0.717, 1.165) is 17.0 Å². The van der Waals surface area contributed by atoms with Crippen LogP contribution in [0.15, 0.2) is 52.3 Å². The molecule has 0 amide bonds. The number of alkyl halides is 3. The quantitative estimate of drug-likeness (QED) is 0.566. The van der Waals surface area contributed by atoms with Gasteiger partial charge in [0.1, 0.15) is 5.75 Å². The van der Waals surface area contributed by atoms with Crippen LogP contribution in [0.1, 0.15) is 19.4 Å². The molecule has 0 bridgehead atoms. The molecule has 0 spiro atoms. The van der Waals surface area contributed by atoms with Crippen molar-refractivity contribution in [3.8, 4) is 5.75 Å². The van der Waals surface area contributed by atoms with Gasteiger partial charge in [-0.2, -0.15) is 13.2 Å². The number of carbonyl (C=O) groups is 1. The third-order valence-electron chi connectivity index (χ3n) is 3.24. The molecule has 0 saturated carbocycles. The Hall–Kier alpha value is -1.86.